The summed E-state index contributed by atoms with van der Waals surface area (Å²) in [5.74, 6) is -0.821. The van der Waals surface area contributed by atoms with E-state index in [1.54, 1.807) is 0 Å². The van der Waals surface area contributed by atoms with Crippen LogP contribution in [-0.2, 0) is 21.4 Å². The van der Waals surface area contributed by atoms with Gasteiger partial charge in [-0.2, -0.15) is 0 Å². The molecule has 0 spiro atoms. The second kappa shape index (κ2) is 7.84. The van der Waals surface area contributed by atoms with Gasteiger partial charge in [-0.05, 0) is 36.8 Å². The Balaban J connectivity index is 1.79. The van der Waals surface area contributed by atoms with Gasteiger partial charge in [0.25, 0.3) is 5.91 Å². The number of sulfonamides is 1. The Morgan fingerprint density at radius 1 is 1.24 bits per heavy atom. The number of ether oxygens (including phenoxy) is 2. The molecule has 0 bridgehead atoms. The zero-order chi connectivity index (χ0) is 21.4. The van der Waals surface area contributed by atoms with Crippen LogP contribution in [-0.4, -0.2) is 26.8 Å². The molecule has 0 saturated carbocycles. The molecule has 1 heterocycles. The molecular formula is C17H14BrF3N2O5S. The summed E-state index contributed by atoms with van der Waals surface area (Å²) < 4.78 is 74.1. The standard InChI is InChI=1S/C17H14BrF3N2O5S/c1-9-16(24)23-13-6-11(18)7-14(15(13)27-9)29(25,26)22-8-10-2-4-12(5-3-10)28-17(19,20)21/h2-7,9,22H,8H2,1H3,(H,23,24). The highest BCUT2D eigenvalue weighted by molar-refractivity contribution is 9.10. The van der Waals surface area contributed by atoms with Crippen molar-refractivity contribution in [2.75, 3.05) is 5.32 Å². The van der Waals surface area contributed by atoms with Gasteiger partial charge in [-0.1, -0.05) is 28.1 Å². The normalized spacial score (nSPS) is 16.6. The van der Waals surface area contributed by atoms with Crippen molar-refractivity contribution in [3.8, 4) is 11.5 Å². The molecule has 7 nitrogen and oxygen atoms in total. The smallest absolute Gasteiger partial charge is 0.477 e. The first-order valence-electron chi connectivity index (χ1n) is 8.10. The Bertz CT molecular complexity index is 1040. The Morgan fingerprint density at radius 3 is 2.52 bits per heavy atom. The second-order valence-electron chi connectivity index (χ2n) is 6.05. The molecule has 2 N–H and O–H groups in total. The zero-order valence-electron chi connectivity index (χ0n) is 14.7. The van der Waals surface area contributed by atoms with Gasteiger partial charge in [0.05, 0.1) is 5.69 Å². The van der Waals surface area contributed by atoms with Gasteiger partial charge in [0.15, 0.2) is 11.9 Å². The van der Waals surface area contributed by atoms with Gasteiger partial charge < -0.3 is 14.8 Å². The van der Waals surface area contributed by atoms with Crippen molar-refractivity contribution in [1.29, 1.82) is 0 Å². The minimum Gasteiger partial charge on any atom is -0.477 e. The molecule has 1 amide bonds. The third kappa shape index (κ3) is 5.19. The van der Waals surface area contributed by atoms with Crippen LogP contribution in [0.5, 0.6) is 11.5 Å². The fourth-order valence-electron chi connectivity index (χ4n) is 2.51. The summed E-state index contributed by atoms with van der Waals surface area (Å²) in [5, 5.41) is 2.57. The van der Waals surface area contributed by atoms with Gasteiger partial charge in [0.1, 0.15) is 10.6 Å². The molecule has 0 fully saturated rings. The van der Waals surface area contributed by atoms with Crippen LogP contribution < -0.4 is 19.5 Å². The molecular weight excluding hydrogens is 481 g/mol. The number of carbonyl (C=O) groups excluding carboxylic acids is 1. The maximum atomic E-state index is 12.8. The van der Waals surface area contributed by atoms with Crippen LogP contribution in [0.1, 0.15) is 12.5 Å². The van der Waals surface area contributed by atoms with E-state index in [4.69, 9.17) is 4.74 Å². The van der Waals surface area contributed by atoms with Crippen LogP contribution in [0, 0.1) is 0 Å². The van der Waals surface area contributed by atoms with Crippen LogP contribution in [0.4, 0.5) is 18.9 Å². The zero-order valence-corrected chi connectivity index (χ0v) is 17.1. The number of hydrogen-bond donors (Lipinski definition) is 2. The third-order valence-corrected chi connectivity index (χ3v) is 5.72. The van der Waals surface area contributed by atoms with Crippen molar-refractivity contribution in [3.63, 3.8) is 0 Å². The average molecular weight is 495 g/mol. The van der Waals surface area contributed by atoms with E-state index in [1.165, 1.54) is 31.2 Å². The fraction of sp³-hybridized carbons (Fsp3) is 0.235. The highest BCUT2D eigenvalue weighted by Crippen LogP contribution is 2.39. The van der Waals surface area contributed by atoms with Gasteiger partial charge in [0.2, 0.25) is 10.0 Å². The summed E-state index contributed by atoms with van der Waals surface area (Å²) in [7, 11) is -4.07. The highest BCUT2D eigenvalue weighted by atomic mass is 79.9. The van der Waals surface area contributed by atoms with Crippen LogP contribution in [0.2, 0.25) is 0 Å². The van der Waals surface area contributed by atoms with Gasteiger partial charge in [-0.25, -0.2) is 13.1 Å². The fourth-order valence-corrected chi connectivity index (χ4v) is 4.32. The summed E-state index contributed by atoms with van der Waals surface area (Å²) in [6.07, 6.45) is -5.69. The van der Waals surface area contributed by atoms with E-state index in [0.29, 0.717) is 10.0 Å². The summed E-state index contributed by atoms with van der Waals surface area (Å²) in [6, 6.07) is 7.61. The Morgan fingerprint density at radius 2 is 1.90 bits per heavy atom. The SMILES string of the molecule is CC1Oc2c(cc(Br)cc2S(=O)(=O)NCc2ccc(OC(F)(F)F)cc2)NC1=O. The predicted octanol–water partition coefficient (Wildman–Crippen LogP) is 3.55. The maximum absolute atomic E-state index is 12.8. The molecule has 1 unspecified atom stereocenters. The van der Waals surface area contributed by atoms with E-state index in [9.17, 15) is 26.4 Å². The largest absolute Gasteiger partial charge is 0.573 e. The molecule has 1 atom stereocenters. The van der Waals surface area contributed by atoms with Crippen molar-refractivity contribution in [3.05, 3.63) is 46.4 Å². The number of amides is 1. The van der Waals surface area contributed by atoms with Crippen LogP contribution in [0.3, 0.4) is 0 Å². The molecule has 0 saturated heterocycles. The number of halogens is 4. The number of nitrogens with one attached hydrogen (secondary N) is 2. The molecule has 2 aromatic rings. The molecule has 2 aromatic carbocycles. The number of hydrogen-bond acceptors (Lipinski definition) is 5. The van der Waals surface area contributed by atoms with Gasteiger partial charge in [-0.3, -0.25) is 4.79 Å². The summed E-state index contributed by atoms with van der Waals surface area (Å²) in [6.45, 7) is 1.30. The summed E-state index contributed by atoms with van der Waals surface area (Å²) >= 11 is 3.19. The first-order valence-corrected chi connectivity index (χ1v) is 10.4. The molecule has 156 valence electrons. The maximum Gasteiger partial charge on any atom is 0.573 e. The van der Waals surface area contributed by atoms with Gasteiger partial charge in [-0.15, -0.1) is 13.2 Å². The lowest BCUT2D eigenvalue weighted by Crippen LogP contribution is -2.35. The number of benzene rings is 2. The highest BCUT2D eigenvalue weighted by Gasteiger charge is 2.32. The monoisotopic (exact) mass is 494 g/mol. The topological polar surface area (TPSA) is 93.7 Å². The van der Waals surface area contributed by atoms with Crippen molar-refractivity contribution in [2.45, 2.75) is 30.8 Å². The lowest BCUT2D eigenvalue weighted by molar-refractivity contribution is -0.274. The van der Waals surface area contributed by atoms with Crippen LogP contribution >= 0.6 is 15.9 Å². The molecule has 1 aliphatic heterocycles. The first-order chi connectivity index (χ1) is 13.4. The number of rotatable bonds is 5. The van der Waals surface area contributed by atoms with Gasteiger partial charge >= 0.3 is 6.36 Å². The van der Waals surface area contributed by atoms with Crippen molar-refractivity contribution >= 4 is 37.5 Å². The van der Waals surface area contributed by atoms with E-state index >= 15 is 0 Å². The van der Waals surface area contributed by atoms with Crippen LogP contribution in [0.15, 0.2) is 45.8 Å². The van der Waals surface area contributed by atoms with Crippen molar-refractivity contribution in [1.82, 2.24) is 4.72 Å². The molecule has 0 aliphatic carbocycles. The van der Waals surface area contributed by atoms with E-state index < -0.39 is 34.1 Å². The lowest BCUT2D eigenvalue weighted by Gasteiger charge is -2.25. The predicted molar refractivity (Wildman–Crippen MR) is 100 cm³/mol. The van der Waals surface area contributed by atoms with Gasteiger partial charge in [0, 0.05) is 11.0 Å². The third-order valence-electron chi connectivity index (χ3n) is 3.85. The number of fused-ring (bicyclic) bond motifs is 1. The minimum absolute atomic E-state index is 0.00160. The van der Waals surface area contributed by atoms with Crippen molar-refractivity contribution in [2.24, 2.45) is 0 Å². The van der Waals surface area contributed by atoms with E-state index in [1.807, 2.05) is 0 Å². The lowest BCUT2D eigenvalue weighted by atomic mass is 10.2. The second-order valence-corrected chi connectivity index (χ2v) is 8.70. The Labute approximate surface area is 172 Å². The summed E-state index contributed by atoms with van der Waals surface area (Å²) in [4.78, 5) is 11.6. The molecule has 29 heavy (non-hydrogen) atoms. The Kier molecular flexibility index (Phi) is 5.79. The Hall–Kier alpha value is -2.31. The van der Waals surface area contributed by atoms with Crippen LogP contribution in [0.25, 0.3) is 0 Å². The molecule has 3 rings (SSSR count). The van der Waals surface area contributed by atoms with E-state index in [0.717, 1.165) is 12.1 Å². The quantitative estimate of drug-likeness (QED) is 0.662. The molecule has 12 heteroatoms. The first kappa shape index (κ1) is 21.4. The number of alkyl halides is 3. The van der Waals surface area contributed by atoms with E-state index in [2.05, 4.69) is 30.7 Å². The summed E-state index contributed by atoms with van der Waals surface area (Å²) in [5.41, 5.74) is 0.617. The number of carbonyl (C=O) groups is 1. The number of anilines is 1. The molecule has 1 aliphatic rings. The molecule has 0 radical (unpaired) electrons. The van der Waals surface area contributed by atoms with E-state index in [-0.39, 0.29) is 22.9 Å². The molecule has 0 aromatic heterocycles. The average Bonchev–Trinajstić information content (AvgIpc) is 2.61. The minimum atomic E-state index is -4.81. The van der Waals surface area contributed by atoms with Crippen molar-refractivity contribution < 1.29 is 35.9 Å².